The normalized spacial score (nSPS) is 29.3. The average molecular weight is 315 g/mol. The molecule has 1 saturated heterocycles. The van der Waals surface area contributed by atoms with E-state index >= 15 is 0 Å². The summed E-state index contributed by atoms with van der Waals surface area (Å²) in [6, 6.07) is -0.288. The second kappa shape index (κ2) is 11.4. The summed E-state index contributed by atoms with van der Waals surface area (Å²) in [4.78, 5) is 2.16. The first-order valence-corrected chi connectivity index (χ1v) is 9.40. The second-order valence-electron chi connectivity index (χ2n) is 6.80. The molecule has 0 aliphatic carbocycles. The maximum absolute atomic E-state index is 10.3. The van der Waals surface area contributed by atoms with Crippen LogP contribution in [0.25, 0.3) is 0 Å². The fourth-order valence-electron chi connectivity index (χ4n) is 3.64. The Morgan fingerprint density at radius 1 is 0.727 bits per heavy atom. The van der Waals surface area contributed by atoms with Crippen molar-refractivity contribution in [1.29, 1.82) is 0 Å². The maximum atomic E-state index is 10.3. The van der Waals surface area contributed by atoms with Gasteiger partial charge in [-0.25, -0.2) is 0 Å². The summed E-state index contributed by atoms with van der Waals surface area (Å²) < 4.78 is 0. The maximum Gasteiger partial charge on any atom is 0.0991 e. The van der Waals surface area contributed by atoms with Crippen molar-refractivity contribution in [2.75, 3.05) is 13.2 Å². The van der Waals surface area contributed by atoms with Crippen molar-refractivity contribution in [2.24, 2.45) is 0 Å². The van der Waals surface area contributed by atoms with Crippen LogP contribution in [0.4, 0.5) is 0 Å². The molecule has 0 aromatic carbocycles. The van der Waals surface area contributed by atoms with Crippen LogP contribution in [0.15, 0.2) is 0 Å². The van der Waals surface area contributed by atoms with E-state index in [1.807, 2.05) is 0 Å². The highest BCUT2D eigenvalue weighted by atomic mass is 16.3. The van der Waals surface area contributed by atoms with Crippen molar-refractivity contribution in [1.82, 2.24) is 4.90 Å². The molecule has 4 nitrogen and oxygen atoms in total. The molecule has 1 aliphatic heterocycles. The number of nitrogens with zero attached hydrogens (tertiary/aromatic N) is 1. The van der Waals surface area contributed by atoms with Crippen molar-refractivity contribution in [3.05, 3.63) is 0 Å². The minimum Gasteiger partial charge on any atom is -0.395 e. The highest BCUT2D eigenvalue weighted by Crippen LogP contribution is 2.29. The molecule has 0 aromatic heterocycles. The second-order valence-corrected chi connectivity index (χ2v) is 6.80. The predicted molar refractivity (Wildman–Crippen MR) is 90.9 cm³/mol. The number of hydrogen-bond acceptors (Lipinski definition) is 4. The van der Waals surface area contributed by atoms with Crippen molar-refractivity contribution in [3.63, 3.8) is 0 Å². The van der Waals surface area contributed by atoms with Crippen LogP contribution in [-0.2, 0) is 0 Å². The molecule has 0 amide bonds. The monoisotopic (exact) mass is 315 g/mol. The Morgan fingerprint density at radius 2 is 1.27 bits per heavy atom. The lowest BCUT2D eigenvalue weighted by molar-refractivity contribution is 0.0174. The zero-order chi connectivity index (χ0) is 16.4. The van der Waals surface area contributed by atoms with Gasteiger partial charge in [-0.2, -0.15) is 0 Å². The van der Waals surface area contributed by atoms with Crippen molar-refractivity contribution < 1.29 is 15.3 Å². The van der Waals surface area contributed by atoms with Gasteiger partial charge in [0.1, 0.15) is 0 Å². The highest BCUT2D eigenvalue weighted by Gasteiger charge is 2.46. The van der Waals surface area contributed by atoms with Crippen LogP contribution in [-0.4, -0.2) is 57.7 Å². The molecule has 132 valence electrons. The first-order chi connectivity index (χ1) is 10.7. The average Bonchev–Trinajstić information content (AvgIpc) is 2.75. The molecule has 1 fully saturated rings. The van der Waals surface area contributed by atoms with Crippen molar-refractivity contribution in [3.8, 4) is 0 Å². The number of aliphatic hydroxyl groups excluding tert-OH is 3. The summed E-state index contributed by atoms with van der Waals surface area (Å²) in [6.07, 6.45) is 10.3. The van der Waals surface area contributed by atoms with E-state index in [0.29, 0.717) is 0 Å². The van der Waals surface area contributed by atoms with Gasteiger partial charge in [-0.3, -0.25) is 4.90 Å². The quantitative estimate of drug-likeness (QED) is 0.485. The molecule has 3 N–H and O–H groups in total. The summed E-state index contributed by atoms with van der Waals surface area (Å²) in [5, 5.41) is 30.0. The Morgan fingerprint density at radius 3 is 1.86 bits per heavy atom. The summed E-state index contributed by atoms with van der Waals surface area (Å²) in [6.45, 7) is 5.18. The molecule has 0 unspecified atom stereocenters. The van der Waals surface area contributed by atoms with Crippen LogP contribution in [0.5, 0.6) is 0 Å². The standard InChI is InChI=1S/C18H37NO3/c1-3-5-7-8-9-10-11-13-19-15(12-6-4-2)17(21)18(22)16(19)14-20/h15-18,20-22H,3-14H2,1-2H3/t15-,16-,17+,18-/m1/s1. The molecule has 1 aliphatic rings. The van der Waals surface area contributed by atoms with Gasteiger partial charge in [0.2, 0.25) is 0 Å². The molecule has 1 rings (SSSR count). The fourth-order valence-corrected chi connectivity index (χ4v) is 3.64. The van der Waals surface area contributed by atoms with E-state index in [0.717, 1.165) is 32.2 Å². The van der Waals surface area contributed by atoms with Gasteiger partial charge in [-0.05, 0) is 19.4 Å². The molecule has 0 radical (unpaired) electrons. The Labute approximate surface area is 136 Å². The van der Waals surface area contributed by atoms with Gasteiger partial charge in [-0.1, -0.05) is 65.2 Å². The minimum atomic E-state index is -0.809. The molecule has 0 spiro atoms. The van der Waals surface area contributed by atoms with Crippen LogP contribution in [0.3, 0.4) is 0 Å². The lowest BCUT2D eigenvalue weighted by Crippen LogP contribution is -2.42. The summed E-state index contributed by atoms with van der Waals surface area (Å²) in [7, 11) is 0. The predicted octanol–water partition coefficient (Wildman–Crippen LogP) is 2.69. The van der Waals surface area contributed by atoms with Crippen molar-refractivity contribution >= 4 is 0 Å². The lowest BCUT2D eigenvalue weighted by Gasteiger charge is -2.29. The Balaban J connectivity index is 2.38. The van der Waals surface area contributed by atoms with E-state index in [2.05, 4.69) is 18.7 Å². The molecule has 4 heteroatoms. The summed E-state index contributed by atoms with van der Waals surface area (Å²) in [5.41, 5.74) is 0. The third-order valence-corrected chi connectivity index (χ3v) is 5.05. The molecule has 1 heterocycles. The van der Waals surface area contributed by atoms with Gasteiger partial charge in [0.15, 0.2) is 0 Å². The van der Waals surface area contributed by atoms with Gasteiger partial charge in [0, 0.05) is 6.04 Å². The SMILES string of the molecule is CCCCCCCCCN1[C@H](CCCC)[C@H](O)[C@H](O)[C@H]1CO. The highest BCUT2D eigenvalue weighted by molar-refractivity contribution is 5.00. The lowest BCUT2D eigenvalue weighted by atomic mass is 10.0. The van der Waals surface area contributed by atoms with Gasteiger partial charge >= 0.3 is 0 Å². The van der Waals surface area contributed by atoms with Crippen LogP contribution in [0.1, 0.15) is 78.1 Å². The Hall–Kier alpha value is -0.160. The van der Waals surface area contributed by atoms with E-state index in [9.17, 15) is 15.3 Å². The topological polar surface area (TPSA) is 63.9 Å². The third-order valence-electron chi connectivity index (χ3n) is 5.05. The first-order valence-electron chi connectivity index (χ1n) is 9.40. The Kier molecular flexibility index (Phi) is 10.3. The number of likely N-dealkylation sites (tertiary alicyclic amines) is 1. The van der Waals surface area contributed by atoms with Gasteiger partial charge in [0.25, 0.3) is 0 Å². The van der Waals surface area contributed by atoms with E-state index in [4.69, 9.17) is 0 Å². The zero-order valence-corrected chi connectivity index (χ0v) is 14.6. The largest absolute Gasteiger partial charge is 0.395 e. The summed E-state index contributed by atoms with van der Waals surface area (Å²) in [5.74, 6) is 0. The van der Waals surface area contributed by atoms with Gasteiger partial charge in [-0.15, -0.1) is 0 Å². The summed E-state index contributed by atoms with van der Waals surface area (Å²) >= 11 is 0. The number of rotatable bonds is 12. The van der Waals surface area contributed by atoms with E-state index in [-0.39, 0.29) is 18.7 Å². The Bertz CT molecular complexity index is 275. The molecule has 0 aromatic rings. The van der Waals surface area contributed by atoms with Crippen LogP contribution < -0.4 is 0 Å². The van der Waals surface area contributed by atoms with Crippen LogP contribution >= 0.6 is 0 Å². The number of hydrogen-bond donors (Lipinski definition) is 3. The number of aliphatic hydroxyl groups is 3. The molecule has 0 saturated carbocycles. The minimum absolute atomic E-state index is 0.00666. The molecular weight excluding hydrogens is 278 g/mol. The van der Waals surface area contributed by atoms with Crippen LogP contribution in [0, 0.1) is 0 Å². The zero-order valence-electron chi connectivity index (χ0n) is 14.6. The fraction of sp³-hybridized carbons (Fsp3) is 1.00. The van der Waals surface area contributed by atoms with Gasteiger partial charge < -0.3 is 15.3 Å². The molecular formula is C18H37NO3. The first kappa shape index (κ1) is 19.9. The number of unbranched alkanes of at least 4 members (excludes halogenated alkanes) is 7. The third kappa shape index (κ3) is 5.80. The van der Waals surface area contributed by atoms with Crippen LogP contribution in [0.2, 0.25) is 0 Å². The smallest absolute Gasteiger partial charge is 0.0991 e. The van der Waals surface area contributed by atoms with Gasteiger partial charge in [0.05, 0.1) is 24.9 Å². The van der Waals surface area contributed by atoms with E-state index < -0.39 is 12.2 Å². The molecule has 22 heavy (non-hydrogen) atoms. The molecule has 0 bridgehead atoms. The molecule has 4 atom stereocenters. The van der Waals surface area contributed by atoms with E-state index in [1.54, 1.807) is 0 Å². The van der Waals surface area contributed by atoms with E-state index in [1.165, 1.54) is 38.5 Å². The van der Waals surface area contributed by atoms with Crippen molar-refractivity contribution in [2.45, 2.75) is 102 Å².